The normalized spacial score (nSPS) is 15.5. The Morgan fingerprint density at radius 1 is 0.631 bits per heavy atom. The van der Waals surface area contributed by atoms with Gasteiger partial charge in [0.1, 0.15) is 11.6 Å². The van der Waals surface area contributed by atoms with Crippen molar-refractivity contribution in [1.29, 1.82) is 0 Å². The standard InChI is InChI=1S/C20H21F3N6O3S.C19H19F3N6O3S/c1-27-7-9-28(10-8-27)33(30,31)29(16-3-2-6-24-12-16)13-15-5-4-14(11-17(15)21)19-25-26-20(32-19)18(22)23;20-16-10-13(18-25-26-19(31-18)17(21)22)3-4-14(16)12-28(15-2-1-5-24-11-15)32(29,30)27-8-6-23-7-9-27/h2-6,11-12,18H,7-10,13H2,1H3;1-5,10-11,17,23H,6-9,12H2. The maximum absolute atomic E-state index is 15.0. The number of likely N-dealkylation sites (N-methyl/N-ethyl adjacent to an activating group) is 1. The molecule has 65 heavy (non-hydrogen) atoms. The summed E-state index contributed by atoms with van der Waals surface area (Å²) in [4.78, 5) is 10.00. The molecule has 2 saturated heterocycles. The van der Waals surface area contributed by atoms with E-state index >= 15 is 0 Å². The number of alkyl halides is 4. The lowest BCUT2D eigenvalue weighted by Crippen LogP contribution is -2.52. The fourth-order valence-electron chi connectivity index (χ4n) is 6.59. The molecule has 1 N–H and O–H groups in total. The molecule has 0 unspecified atom stereocenters. The fraction of sp³-hybridized carbons (Fsp3) is 0.333. The van der Waals surface area contributed by atoms with E-state index in [1.165, 1.54) is 57.7 Å². The Hall–Kier alpha value is -6.06. The van der Waals surface area contributed by atoms with E-state index < -0.39 is 56.7 Å². The van der Waals surface area contributed by atoms with Crippen molar-refractivity contribution in [2.75, 3.05) is 68.0 Å². The summed E-state index contributed by atoms with van der Waals surface area (Å²) in [6, 6.07) is 13.9. The Morgan fingerprint density at radius 2 is 1.06 bits per heavy atom. The molecule has 2 aliphatic rings. The van der Waals surface area contributed by atoms with Crippen molar-refractivity contribution in [3.8, 4) is 22.9 Å². The molecule has 2 aromatic carbocycles. The third-order valence-corrected chi connectivity index (χ3v) is 13.9. The number of hydrogen-bond acceptors (Lipinski definition) is 14. The molecule has 0 radical (unpaired) electrons. The van der Waals surface area contributed by atoms with Gasteiger partial charge in [-0.05, 0) is 55.6 Å². The summed E-state index contributed by atoms with van der Waals surface area (Å²) in [7, 11) is -6.03. The molecule has 4 aromatic heterocycles. The number of rotatable bonds is 14. The highest BCUT2D eigenvalue weighted by molar-refractivity contribution is 7.90. The second-order valence-corrected chi connectivity index (χ2v) is 18.1. The van der Waals surface area contributed by atoms with Gasteiger partial charge < -0.3 is 19.1 Å². The van der Waals surface area contributed by atoms with Gasteiger partial charge in [0.25, 0.3) is 11.8 Å². The van der Waals surface area contributed by atoms with Gasteiger partial charge >= 0.3 is 33.3 Å². The maximum atomic E-state index is 15.0. The van der Waals surface area contributed by atoms with Crippen molar-refractivity contribution in [3.05, 3.63) is 120 Å². The van der Waals surface area contributed by atoms with Crippen LogP contribution in [0.2, 0.25) is 0 Å². The van der Waals surface area contributed by atoms with Crippen LogP contribution >= 0.6 is 0 Å². The summed E-state index contributed by atoms with van der Waals surface area (Å²) >= 11 is 0. The van der Waals surface area contributed by atoms with Crippen molar-refractivity contribution in [2.45, 2.75) is 25.9 Å². The third-order valence-electron chi connectivity index (χ3n) is 10.1. The summed E-state index contributed by atoms with van der Waals surface area (Å²) in [5.41, 5.74) is 0.930. The van der Waals surface area contributed by atoms with Gasteiger partial charge in [0, 0.05) is 87.0 Å². The molecule has 0 saturated carbocycles. The molecule has 0 aliphatic carbocycles. The summed E-state index contributed by atoms with van der Waals surface area (Å²) in [5, 5.41) is 16.5. The van der Waals surface area contributed by atoms with E-state index in [0.29, 0.717) is 45.0 Å². The van der Waals surface area contributed by atoms with Gasteiger partial charge in [-0.3, -0.25) is 18.6 Å². The molecule has 0 bridgehead atoms. The second kappa shape index (κ2) is 20.4. The molecule has 18 nitrogen and oxygen atoms in total. The van der Waals surface area contributed by atoms with Crippen molar-refractivity contribution >= 4 is 31.8 Å². The summed E-state index contributed by atoms with van der Waals surface area (Å²) in [6.45, 7) is 2.76. The average molecular weight is 951 g/mol. The lowest BCUT2D eigenvalue weighted by Gasteiger charge is -2.36. The van der Waals surface area contributed by atoms with Crippen molar-refractivity contribution in [2.24, 2.45) is 0 Å². The van der Waals surface area contributed by atoms with Crippen LogP contribution < -0.4 is 13.9 Å². The van der Waals surface area contributed by atoms with Crippen LogP contribution in [-0.4, -0.2) is 120 Å². The van der Waals surface area contributed by atoms with Crippen LogP contribution in [0, 0.1) is 11.6 Å². The number of anilines is 2. The molecule has 2 aliphatic heterocycles. The minimum atomic E-state index is -3.97. The van der Waals surface area contributed by atoms with Crippen LogP contribution in [0.25, 0.3) is 22.9 Å². The number of piperazine rings is 2. The molecule has 0 atom stereocenters. The first kappa shape index (κ1) is 46.9. The summed E-state index contributed by atoms with van der Waals surface area (Å²) in [5.74, 6) is -3.74. The average Bonchev–Trinajstić information content (AvgIpc) is 4.02. The quantitative estimate of drug-likeness (QED) is 0.142. The Balaban J connectivity index is 0.000000194. The molecule has 0 spiro atoms. The summed E-state index contributed by atoms with van der Waals surface area (Å²) < 4.78 is 149. The number of aromatic nitrogens is 6. The molecule has 6 heterocycles. The van der Waals surface area contributed by atoms with E-state index in [1.807, 2.05) is 11.9 Å². The van der Waals surface area contributed by atoms with Crippen LogP contribution in [0.4, 0.5) is 37.7 Å². The van der Waals surface area contributed by atoms with Gasteiger partial charge in [0.15, 0.2) is 0 Å². The number of hydrogen-bond donors (Lipinski definition) is 1. The zero-order valence-corrected chi connectivity index (χ0v) is 35.9. The first-order valence-corrected chi connectivity index (χ1v) is 22.5. The highest BCUT2D eigenvalue weighted by atomic mass is 32.2. The van der Waals surface area contributed by atoms with E-state index in [1.54, 1.807) is 24.3 Å². The largest absolute Gasteiger partial charge is 0.415 e. The fourth-order valence-corrected chi connectivity index (χ4v) is 9.77. The minimum Gasteiger partial charge on any atom is -0.415 e. The van der Waals surface area contributed by atoms with Crippen LogP contribution in [0.1, 0.15) is 35.8 Å². The molecule has 26 heteroatoms. The van der Waals surface area contributed by atoms with Crippen LogP contribution in [-0.2, 0) is 33.5 Å². The van der Waals surface area contributed by atoms with Gasteiger partial charge in [0.2, 0.25) is 11.8 Å². The minimum absolute atomic E-state index is 0.0740. The number of nitrogens with one attached hydrogen (secondary N) is 1. The molecule has 0 amide bonds. The van der Waals surface area contributed by atoms with Gasteiger partial charge in [0.05, 0.1) is 36.9 Å². The molecule has 8 rings (SSSR count). The molecule has 6 aromatic rings. The lowest BCUT2D eigenvalue weighted by atomic mass is 10.1. The van der Waals surface area contributed by atoms with E-state index in [0.717, 1.165) is 20.7 Å². The number of benzene rings is 2. The highest BCUT2D eigenvalue weighted by Crippen LogP contribution is 2.30. The predicted molar refractivity (Wildman–Crippen MR) is 221 cm³/mol. The topological polar surface area (TPSA) is 200 Å². The van der Waals surface area contributed by atoms with Crippen molar-refractivity contribution in [3.63, 3.8) is 0 Å². The van der Waals surface area contributed by atoms with Crippen LogP contribution in [0.5, 0.6) is 0 Å². The van der Waals surface area contributed by atoms with Gasteiger partial charge in [-0.15, -0.1) is 20.4 Å². The molecule has 346 valence electrons. The molecular weight excluding hydrogens is 911 g/mol. The maximum Gasteiger partial charge on any atom is 0.314 e. The Morgan fingerprint density at radius 3 is 1.43 bits per heavy atom. The second-order valence-electron chi connectivity index (χ2n) is 14.4. The van der Waals surface area contributed by atoms with E-state index in [2.05, 4.69) is 35.7 Å². The molecular formula is C39H40F6N12O6S2. The van der Waals surface area contributed by atoms with Crippen LogP contribution in [0.3, 0.4) is 0 Å². The Bertz CT molecular complexity index is 2750. The molecule has 2 fully saturated rings. The zero-order chi connectivity index (χ0) is 46.3. The highest BCUT2D eigenvalue weighted by Gasteiger charge is 2.34. The number of nitrogens with zero attached hydrogens (tertiary/aromatic N) is 11. The van der Waals surface area contributed by atoms with Gasteiger partial charge in [-0.25, -0.2) is 8.78 Å². The lowest BCUT2D eigenvalue weighted by molar-refractivity contribution is 0.115. The monoisotopic (exact) mass is 950 g/mol. The van der Waals surface area contributed by atoms with Gasteiger partial charge in [-0.2, -0.15) is 43.0 Å². The zero-order valence-electron chi connectivity index (χ0n) is 34.3. The first-order valence-electron chi connectivity index (χ1n) is 19.7. The predicted octanol–water partition coefficient (Wildman–Crippen LogP) is 5.07. The first-order chi connectivity index (χ1) is 31.1. The number of pyridine rings is 2. The summed E-state index contributed by atoms with van der Waals surface area (Å²) in [6.07, 6.45) is -0.0863. The number of halogens is 6. The Kier molecular flexibility index (Phi) is 14.7. The van der Waals surface area contributed by atoms with Crippen molar-refractivity contribution in [1.82, 2.24) is 49.2 Å². The smallest absolute Gasteiger partial charge is 0.314 e. The van der Waals surface area contributed by atoms with Crippen LogP contribution in [0.15, 0.2) is 94.3 Å². The Labute approximate surface area is 368 Å². The van der Waals surface area contributed by atoms with E-state index in [9.17, 15) is 43.2 Å². The third kappa shape index (κ3) is 11.1. The van der Waals surface area contributed by atoms with Gasteiger partial charge in [-0.1, -0.05) is 12.1 Å². The van der Waals surface area contributed by atoms with Crippen molar-refractivity contribution < 1.29 is 52.0 Å². The van der Waals surface area contributed by atoms with E-state index in [-0.39, 0.29) is 65.9 Å². The van der Waals surface area contributed by atoms with E-state index in [4.69, 9.17) is 8.83 Å². The SMILES string of the molecule is CN1CCN(S(=O)(=O)N(Cc2ccc(-c3nnc(C(F)F)o3)cc2F)c2cccnc2)CC1.O=S(=O)(N1CCNCC1)N(Cc1ccc(-c2nnc(C(F)F)o2)cc1F)c1cccnc1.